The number of fused-ring (bicyclic) bond motifs is 8. The van der Waals surface area contributed by atoms with E-state index in [2.05, 4.69) is 36.4 Å². The summed E-state index contributed by atoms with van der Waals surface area (Å²) in [6.07, 6.45) is 2.10. The average Bonchev–Trinajstić information content (AvgIpc) is 3.00. The van der Waals surface area contributed by atoms with E-state index in [0.29, 0.717) is 5.92 Å². The molecule has 4 atom stereocenters. The molecule has 5 heteroatoms. The number of nitrogens with zero attached hydrogens (tertiary/aromatic N) is 1. The molecule has 3 amide bonds. The summed E-state index contributed by atoms with van der Waals surface area (Å²) in [5.41, 5.74) is 1.51. The lowest BCUT2D eigenvalue weighted by Crippen LogP contribution is -2.62. The molecule has 2 heterocycles. The number of aliphatic imine (C=N–C) groups is 1. The molecule has 1 aromatic carbocycles. The molecule has 0 saturated heterocycles. The fraction of sp³-hybridized carbons (Fsp3) is 0.526. The van der Waals surface area contributed by atoms with Gasteiger partial charge in [-0.05, 0) is 30.2 Å². The SMILES string of the molecule is CC1(C)[C@@H]2CC[C@@]1(C)C1=NC(=O)NC3(C(=O)Nc4ccccc43)C12. The molecule has 5 rings (SSSR count). The van der Waals surface area contributed by atoms with E-state index in [1.165, 1.54) is 0 Å². The third-order valence-electron chi connectivity index (χ3n) is 7.52. The minimum atomic E-state index is -1.01. The van der Waals surface area contributed by atoms with Crippen molar-refractivity contribution in [1.29, 1.82) is 0 Å². The maximum atomic E-state index is 13.1. The first kappa shape index (κ1) is 14.2. The van der Waals surface area contributed by atoms with Gasteiger partial charge in [-0.25, -0.2) is 9.79 Å². The van der Waals surface area contributed by atoms with Gasteiger partial charge in [-0.1, -0.05) is 39.0 Å². The van der Waals surface area contributed by atoms with E-state index in [1.807, 2.05) is 24.3 Å². The highest BCUT2D eigenvalue weighted by atomic mass is 16.2. The second-order valence-electron chi connectivity index (χ2n) is 8.41. The summed E-state index contributed by atoms with van der Waals surface area (Å²) in [7, 11) is 0. The van der Waals surface area contributed by atoms with Crippen molar-refractivity contribution in [3.63, 3.8) is 0 Å². The minimum Gasteiger partial charge on any atom is -0.323 e. The number of nitrogens with one attached hydrogen (secondary N) is 2. The van der Waals surface area contributed by atoms with Crippen molar-refractivity contribution in [2.45, 2.75) is 39.2 Å². The zero-order valence-corrected chi connectivity index (χ0v) is 14.1. The quantitative estimate of drug-likeness (QED) is 0.770. The van der Waals surface area contributed by atoms with Gasteiger partial charge in [-0.2, -0.15) is 0 Å². The molecule has 2 fully saturated rings. The van der Waals surface area contributed by atoms with Gasteiger partial charge in [0.15, 0.2) is 5.54 Å². The van der Waals surface area contributed by atoms with E-state index in [9.17, 15) is 9.59 Å². The highest BCUT2D eigenvalue weighted by Gasteiger charge is 2.73. The lowest BCUT2D eigenvalue weighted by Gasteiger charge is -2.43. The standard InChI is InChI=1S/C19H21N3O2/c1-17(2)11-8-9-18(17,3)14-13(11)19(22-16(24)21-14)10-6-4-5-7-12(10)20-15(19)23/h4-7,11,13H,8-9H2,1-3H3,(H,20,23)(H,22,24)/t11-,13?,18+,19?/m1/s1. The number of anilines is 1. The molecular weight excluding hydrogens is 302 g/mol. The molecule has 1 aromatic rings. The van der Waals surface area contributed by atoms with Crippen molar-refractivity contribution >= 4 is 23.3 Å². The van der Waals surface area contributed by atoms with Gasteiger partial charge in [-0.15, -0.1) is 0 Å². The first-order valence-corrected chi connectivity index (χ1v) is 8.64. The molecule has 1 spiro atoms. The molecule has 4 aliphatic rings. The Labute approximate surface area is 140 Å². The molecule has 2 aliphatic heterocycles. The van der Waals surface area contributed by atoms with Crippen molar-refractivity contribution in [1.82, 2.24) is 5.32 Å². The van der Waals surface area contributed by atoms with Crippen LogP contribution < -0.4 is 10.6 Å². The smallest absolute Gasteiger partial charge is 0.323 e. The van der Waals surface area contributed by atoms with Gasteiger partial charge in [-0.3, -0.25) is 4.79 Å². The van der Waals surface area contributed by atoms with Crippen molar-refractivity contribution in [2.24, 2.45) is 27.7 Å². The average molecular weight is 323 g/mol. The molecule has 124 valence electrons. The third-order valence-corrected chi connectivity index (χ3v) is 7.52. The second kappa shape index (κ2) is 3.90. The lowest BCUT2D eigenvalue weighted by molar-refractivity contribution is -0.123. The minimum absolute atomic E-state index is 0.0214. The Morgan fingerprint density at radius 3 is 2.71 bits per heavy atom. The topological polar surface area (TPSA) is 70.6 Å². The van der Waals surface area contributed by atoms with Gasteiger partial charge in [0.2, 0.25) is 0 Å². The summed E-state index contributed by atoms with van der Waals surface area (Å²) in [5, 5.41) is 5.95. The van der Waals surface area contributed by atoms with Gasteiger partial charge in [0.25, 0.3) is 5.91 Å². The number of carbonyl (C=O) groups is 2. The van der Waals surface area contributed by atoms with Crippen LogP contribution >= 0.6 is 0 Å². The Kier molecular flexibility index (Phi) is 2.31. The van der Waals surface area contributed by atoms with Gasteiger partial charge in [0.05, 0.1) is 0 Å². The fourth-order valence-corrected chi connectivity index (χ4v) is 5.91. The predicted octanol–water partition coefficient (Wildman–Crippen LogP) is 3.07. The highest BCUT2D eigenvalue weighted by molar-refractivity contribution is 6.16. The van der Waals surface area contributed by atoms with Crippen LogP contribution in [0.25, 0.3) is 0 Å². The van der Waals surface area contributed by atoms with Crippen LogP contribution in [0.2, 0.25) is 0 Å². The number of benzene rings is 1. The Morgan fingerprint density at radius 1 is 1.17 bits per heavy atom. The third kappa shape index (κ3) is 1.26. The molecule has 24 heavy (non-hydrogen) atoms. The number of carbonyl (C=O) groups excluding carboxylic acids is 2. The van der Waals surface area contributed by atoms with E-state index in [-0.39, 0.29) is 22.7 Å². The predicted molar refractivity (Wildman–Crippen MR) is 90.8 cm³/mol. The summed E-state index contributed by atoms with van der Waals surface area (Å²) in [6, 6.07) is 7.30. The largest absolute Gasteiger partial charge is 0.342 e. The maximum absolute atomic E-state index is 13.1. The van der Waals surface area contributed by atoms with Gasteiger partial charge in [0, 0.05) is 28.3 Å². The normalized spacial score (nSPS) is 40.9. The van der Waals surface area contributed by atoms with Crippen LogP contribution in [0.4, 0.5) is 10.5 Å². The van der Waals surface area contributed by atoms with Crippen LogP contribution in [0.15, 0.2) is 29.3 Å². The summed E-state index contributed by atoms with van der Waals surface area (Å²) in [4.78, 5) is 30.0. The Bertz CT molecular complexity index is 843. The fourth-order valence-electron chi connectivity index (χ4n) is 5.91. The molecule has 2 aliphatic carbocycles. The van der Waals surface area contributed by atoms with Crippen molar-refractivity contribution in [3.05, 3.63) is 29.8 Å². The van der Waals surface area contributed by atoms with Crippen LogP contribution in [0.5, 0.6) is 0 Å². The molecule has 2 N–H and O–H groups in total. The molecule has 2 unspecified atom stereocenters. The van der Waals surface area contributed by atoms with E-state index < -0.39 is 11.6 Å². The van der Waals surface area contributed by atoms with Crippen LogP contribution in [0.1, 0.15) is 39.2 Å². The summed E-state index contributed by atoms with van der Waals surface area (Å²) in [6.45, 7) is 6.75. The highest BCUT2D eigenvalue weighted by Crippen LogP contribution is 2.70. The Hall–Kier alpha value is -2.17. The number of hydrogen-bond acceptors (Lipinski definition) is 2. The Morgan fingerprint density at radius 2 is 1.92 bits per heavy atom. The molecule has 0 radical (unpaired) electrons. The van der Waals surface area contributed by atoms with Crippen LogP contribution in [0, 0.1) is 22.7 Å². The molecule has 2 saturated carbocycles. The van der Waals surface area contributed by atoms with Crippen molar-refractivity contribution in [3.8, 4) is 0 Å². The van der Waals surface area contributed by atoms with E-state index >= 15 is 0 Å². The van der Waals surface area contributed by atoms with E-state index in [0.717, 1.165) is 29.8 Å². The van der Waals surface area contributed by atoms with E-state index in [4.69, 9.17) is 0 Å². The number of amides is 3. The molecule has 5 nitrogen and oxygen atoms in total. The second-order valence-corrected chi connectivity index (χ2v) is 8.41. The van der Waals surface area contributed by atoms with Gasteiger partial charge >= 0.3 is 6.03 Å². The zero-order valence-electron chi connectivity index (χ0n) is 14.1. The summed E-state index contributed by atoms with van der Waals surface area (Å²) >= 11 is 0. The molecular formula is C19H21N3O2. The first-order chi connectivity index (χ1) is 11.3. The van der Waals surface area contributed by atoms with E-state index in [1.54, 1.807) is 0 Å². The zero-order chi connectivity index (χ0) is 16.9. The molecule has 0 aromatic heterocycles. The Balaban J connectivity index is 1.81. The summed E-state index contributed by atoms with van der Waals surface area (Å²) < 4.78 is 0. The monoisotopic (exact) mass is 323 g/mol. The van der Waals surface area contributed by atoms with Crippen molar-refractivity contribution in [2.75, 3.05) is 5.32 Å². The number of hydrogen-bond donors (Lipinski definition) is 2. The number of rotatable bonds is 0. The van der Waals surface area contributed by atoms with Gasteiger partial charge in [0.1, 0.15) is 0 Å². The molecule has 2 bridgehead atoms. The van der Waals surface area contributed by atoms with Gasteiger partial charge < -0.3 is 10.6 Å². The number of para-hydroxylation sites is 1. The first-order valence-electron chi connectivity index (χ1n) is 8.64. The van der Waals surface area contributed by atoms with Crippen molar-refractivity contribution < 1.29 is 9.59 Å². The summed E-state index contributed by atoms with van der Waals surface area (Å²) in [5.74, 6) is 0.146. The maximum Gasteiger partial charge on any atom is 0.342 e. The van der Waals surface area contributed by atoms with Crippen LogP contribution in [-0.4, -0.2) is 17.6 Å². The lowest BCUT2D eigenvalue weighted by atomic mass is 9.67. The number of urea groups is 1. The van der Waals surface area contributed by atoms with Crippen LogP contribution in [0.3, 0.4) is 0 Å². The van der Waals surface area contributed by atoms with Crippen LogP contribution in [-0.2, 0) is 10.3 Å².